The first-order valence-electron chi connectivity index (χ1n) is 8.20. The number of nitrogens with zero attached hydrogens (tertiary/aromatic N) is 3. The molecule has 3 aromatic rings. The van der Waals surface area contributed by atoms with Gasteiger partial charge in [-0.2, -0.15) is 0 Å². The lowest BCUT2D eigenvalue weighted by atomic mass is 10.2. The van der Waals surface area contributed by atoms with E-state index < -0.39 is 0 Å². The Balaban J connectivity index is 1.63. The number of hydrogen-bond donors (Lipinski definition) is 0. The van der Waals surface area contributed by atoms with Gasteiger partial charge in [0.15, 0.2) is 4.34 Å². The summed E-state index contributed by atoms with van der Waals surface area (Å²) in [4.78, 5) is 28.0. The van der Waals surface area contributed by atoms with Crippen LogP contribution in [0.25, 0.3) is 10.2 Å². The number of rotatable bonds is 5. The molecule has 3 heterocycles. The first kappa shape index (κ1) is 16.9. The molecule has 0 unspecified atom stereocenters. The van der Waals surface area contributed by atoms with Gasteiger partial charge in [-0.15, -0.1) is 22.7 Å². The Labute approximate surface area is 157 Å². The van der Waals surface area contributed by atoms with E-state index in [1.165, 1.54) is 22.2 Å². The molecule has 1 aliphatic rings. The fourth-order valence-corrected chi connectivity index (χ4v) is 6.31. The molecule has 0 bridgehead atoms. The van der Waals surface area contributed by atoms with Gasteiger partial charge in [0.05, 0.1) is 18.7 Å². The van der Waals surface area contributed by atoms with Gasteiger partial charge in [0.25, 0.3) is 0 Å². The number of carbonyl (C=O) groups excluding carboxylic acids is 1. The van der Waals surface area contributed by atoms with E-state index in [4.69, 9.17) is 4.74 Å². The molecule has 1 aliphatic carbocycles. The Morgan fingerprint density at radius 2 is 2.20 bits per heavy atom. The number of ether oxygens (including phenoxy) is 1. The van der Waals surface area contributed by atoms with Crippen molar-refractivity contribution < 1.29 is 9.53 Å². The first-order valence-corrected chi connectivity index (χ1v) is 10.7. The summed E-state index contributed by atoms with van der Waals surface area (Å²) in [5.74, 6) is 0.554. The molecule has 0 saturated carbocycles. The quantitative estimate of drug-likeness (QED) is 0.480. The van der Waals surface area contributed by atoms with Crippen LogP contribution in [0.3, 0.4) is 0 Å². The van der Waals surface area contributed by atoms with Gasteiger partial charge in [-0.05, 0) is 50.4 Å². The molecular weight excluding hydrogens is 374 g/mol. The van der Waals surface area contributed by atoms with E-state index in [2.05, 4.69) is 15.0 Å². The third-order valence-corrected chi connectivity index (χ3v) is 7.15. The van der Waals surface area contributed by atoms with Crippen LogP contribution in [0, 0.1) is 6.92 Å². The van der Waals surface area contributed by atoms with E-state index in [1.807, 2.05) is 19.2 Å². The smallest absolute Gasteiger partial charge is 0.311 e. The molecule has 8 heteroatoms. The van der Waals surface area contributed by atoms with Gasteiger partial charge in [-0.25, -0.2) is 15.0 Å². The Morgan fingerprint density at radius 1 is 1.32 bits per heavy atom. The predicted molar refractivity (Wildman–Crippen MR) is 101 cm³/mol. The van der Waals surface area contributed by atoms with Crippen molar-refractivity contribution in [2.24, 2.45) is 0 Å². The highest BCUT2D eigenvalue weighted by atomic mass is 32.2. The normalized spacial score (nSPS) is 13.4. The Hall–Kier alpha value is -1.51. The van der Waals surface area contributed by atoms with E-state index in [1.54, 1.807) is 34.4 Å². The Bertz CT molecular complexity index is 948. The van der Waals surface area contributed by atoms with E-state index in [-0.39, 0.29) is 12.4 Å². The summed E-state index contributed by atoms with van der Waals surface area (Å²) in [6, 6.07) is 0. The average Bonchev–Trinajstić information content (AvgIpc) is 3.23. The third-order valence-electron chi connectivity index (χ3n) is 3.99. The topological polar surface area (TPSA) is 65.0 Å². The molecule has 0 radical (unpaired) electrons. The second-order valence-electron chi connectivity index (χ2n) is 5.80. The highest BCUT2D eigenvalue weighted by Gasteiger charge is 2.23. The van der Waals surface area contributed by atoms with Gasteiger partial charge >= 0.3 is 5.97 Å². The molecular formula is C17H17N3O2S3. The maximum atomic E-state index is 11.6. The van der Waals surface area contributed by atoms with Gasteiger partial charge in [0.2, 0.25) is 0 Å². The van der Waals surface area contributed by atoms with E-state index in [0.717, 1.165) is 38.6 Å². The number of thiazole rings is 1. The summed E-state index contributed by atoms with van der Waals surface area (Å²) in [6.07, 6.45) is 3.70. The fraction of sp³-hybridized carbons (Fsp3) is 0.412. The summed E-state index contributed by atoms with van der Waals surface area (Å²) < 4.78 is 5.89. The molecule has 0 saturated heterocycles. The predicted octanol–water partition coefficient (Wildman–Crippen LogP) is 4.20. The highest BCUT2D eigenvalue weighted by Crippen LogP contribution is 2.42. The lowest BCUT2D eigenvalue weighted by Crippen LogP contribution is -2.07. The molecule has 25 heavy (non-hydrogen) atoms. The van der Waals surface area contributed by atoms with E-state index in [9.17, 15) is 4.79 Å². The van der Waals surface area contributed by atoms with Crippen molar-refractivity contribution >= 4 is 50.6 Å². The molecule has 0 amide bonds. The Kier molecular flexibility index (Phi) is 4.75. The molecule has 130 valence electrons. The molecule has 0 fully saturated rings. The molecule has 5 nitrogen and oxygen atoms in total. The van der Waals surface area contributed by atoms with Crippen molar-refractivity contribution in [1.82, 2.24) is 15.0 Å². The van der Waals surface area contributed by atoms with Crippen LogP contribution in [-0.4, -0.2) is 27.5 Å². The zero-order valence-electron chi connectivity index (χ0n) is 14.0. The minimum Gasteiger partial charge on any atom is -0.466 e. The second-order valence-corrected chi connectivity index (χ2v) is 8.98. The molecule has 0 N–H and O–H groups in total. The minimum atomic E-state index is -0.236. The molecule has 3 aromatic heterocycles. The van der Waals surface area contributed by atoms with Crippen LogP contribution in [0.15, 0.2) is 14.7 Å². The van der Waals surface area contributed by atoms with Gasteiger partial charge in [0.1, 0.15) is 15.7 Å². The lowest BCUT2D eigenvalue weighted by Gasteiger charge is -2.03. The molecule has 0 atom stereocenters. The summed E-state index contributed by atoms with van der Waals surface area (Å²) in [6.45, 7) is 4.14. The van der Waals surface area contributed by atoms with Gasteiger partial charge < -0.3 is 4.74 Å². The molecule has 4 rings (SSSR count). The number of esters is 1. The van der Waals surface area contributed by atoms with E-state index in [0.29, 0.717) is 6.61 Å². The van der Waals surface area contributed by atoms with Crippen LogP contribution in [0.2, 0.25) is 0 Å². The van der Waals surface area contributed by atoms with Gasteiger partial charge in [-0.1, -0.05) is 0 Å². The zero-order valence-corrected chi connectivity index (χ0v) is 16.4. The number of carbonyl (C=O) groups is 1. The zero-order chi connectivity index (χ0) is 17.4. The van der Waals surface area contributed by atoms with Gasteiger partial charge in [-0.3, -0.25) is 4.79 Å². The summed E-state index contributed by atoms with van der Waals surface area (Å²) >= 11 is 4.92. The number of thiophene rings is 1. The van der Waals surface area contributed by atoms with Crippen LogP contribution in [0.5, 0.6) is 0 Å². The first-order chi connectivity index (χ1) is 12.1. The van der Waals surface area contributed by atoms with Crippen molar-refractivity contribution in [3.63, 3.8) is 0 Å². The van der Waals surface area contributed by atoms with Crippen LogP contribution >= 0.6 is 34.4 Å². The van der Waals surface area contributed by atoms with E-state index >= 15 is 0 Å². The van der Waals surface area contributed by atoms with Crippen LogP contribution in [0.4, 0.5) is 0 Å². The maximum Gasteiger partial charge on any atom is 0.311 e. The van der Waals surface area contributed by atoms with Crippen LogP contribution in [-0.2, 0) is 28.8 Å². The number of aryl methyl sites for hydroxylation is 3. The van der Waals surface area contributed by atoms with Gasteiger partial charge in [0, 0.05) is 15.6 Å². The third kappa shape index (κ3) is 3.43. The summed E-state index contributed by atoms with van der Waals surface area (Å²) in [7, 11) is 0. The van der Waals surface area contributed by atoms with Crippen LogP contribution in [0.1, 0.15) is 35.3 Å². The monoisotopic (exact) mass is 391 g/mol. The summed E-state index contributed by atoms with van der Waals surface area (Å²) in [5.41, 5.74) is 2.18. The fourth-order valence-electron chi connectivity index (χ4n) is 3.00. The number of fused-ring (bicyclic) bond motifs is 3. The number of aromatic nitrogens is 3. The highest BCUT2D eigenvalue weighted by molar-refractivity contribution is 8.01. The maximum absolute atomic E-state index is 11.6. The largest absolute Gasteiger partial charge is 0.466 e. The minimum absolute atomic E-state index is 0.219. The van der Waals surface area contributed by atoms with Crippen molar-refractivity contribution in [3.05, 3.63) is 27.3 Å². The van der Waals surface area contributed by atoms with Crippen molar-refractivity contribution in [1.29, 1.82) is 0 Å². The number of hydrogen-bond acceptors (Lipinski definition) is 8. The standard InChI is InChI=1S/C17H17N3O2S3/c1-3-22-13(21)7-10-8-23-17(20-10)25-16-14-11-5-4-6-12(11)24-15(14)18-9(2)19-16/h8H,3-7H2,1-2H3. The lowest BCUT2D eigenvalue weighted by molar-refractivity contribution is -0.142. The second kappa shape index (κ2) is 7.01. The van der Waals surface area contributed by atoms with Crippen molar-refractivity contribution in [3.8, 4) is 0 Å². The SMILES string of the molecule is CCOC(=O)Cc1csc(Sc2nc(C)nc3sc4c(c23)CCC4)n1. The molecule has 0 aromatic carbocycles. The Morgan fingerprint density at radius 3 is 3.04 bits per heavy atom. The average molecular weight is 392 g/mol. The van der Waals surface area contributed by atoms with Crippen LogP contribution < -0.4 is 0 Å². The van der Waals surface area contributed by atoms with Crippen molar-refractivity contribution in [2.45, 2.75) is 48.9 Å². The molecule has 0 aliphatic heterocycles. The van der Waals surface area contributed by atoms with Crippen molar-refractivity contribution in [2.75, 3.05) is 6.61 Å². The molecule has 0 spiro atoms. The summed E-state index contributed by atoms with van der Waals surface area (Å²) in [5, 5.41) is 4.11.